The Morgan fingerprint density at radius 1 is 1.35 bits per heavy atom. The highest BCUT2D eigenvalue weighted by Gasteiger charge is 2.14. The fourth-order valence-electron chi connectivity index (χ4n) is 2.22. The second-order valence-corrected chi connectivity index (χ2v) is 4.73. The number of nitrogens with two attached hydrogens (primary N) is 1. The van der Waals surface area contributed by atoms with Gasteiger partial charge in [0.2, 0.25) is 0 Å². The molecular formula is C14H21N3. The van der Waals surface area contributed by atoms with Crippen molar-refractivity contribution >= 4 is 5.84 Å². The minimum atomic E-state index is 0.539. The van der Waals surface area contributed by atoms with E-state index in [0.717, 1.165) is 31.9 Å². The fourth-order valence-corrected chi connectivity index (χ4v) is 2.22. The summed E-state index contributed by atoms with van der Waals surface area (Å²) in [7, 11) is 2.09. The number of aliphatic imine (C=N–C) groups is 1. The number of benzene rings is 1. The molecule has 3 heteroatoms. The summed E-state index contributed by atoms with van der Waals surface area (Å²) in [5.41, 5.74) is 8.17. The molecule has 1 atom stereocenters. The van der Waals surface area contributed by atoms with E-state index in [9.17, 15) is 0 Å². The van der Waals surface area contributed by atoms with Crippen molar-refractivity contribution in [1.82, 2.24) is 4.90 Å². The Labute approximate surface area is 103 Å². The quantitative estimate of drug-likeness (QED) is 0.859. The number of amidine groups is 1. The molecule has 1 unspecified atom stereocenters. The van der Waals surface area contributed by atoms with E-state index in [1.165, 1.54) is 11.1 Å². The predicted octanol–water partition coefficient (Wildman–Crippen LogP) is 1.83. The molecule has 0 saturated heterocycles. The Morgan fingerprint density at radius 3 is 2.59 bits per heavy atom. The summed E-state index contributed by atoms with van der Waals surface area (Å²) in [6, 6.07) is 8.74. The monoisotopic (exact) mass is 231 g/mol. The van der Waals surface area contributed by atoms with E-state index in [1.807, 2.05) is 0 Å². The van der Waals surface area contributed by atoms with Gasteiger partial charge in [-0.25, -0.2) is 0 Å². The summed E-state index contributed by atoms with van der Waals surface area (Å²) < 4.78 is 0. The maximum absolute atomic E-state index is 5.59. The van der Waals surface area contributed by atoms with Gasteiger partial charge in [0, 0.05) is 19.2 Å². The highest BCUT2D eigenvalue weighted by molar-refractivity contribution is 5.99. The zero-order valence-electron chi connectivity index (χ0n) is 10.7. The van der Waals surface area contributed by atoms with E-state index in [0.29, 0.717) is 5.92 Å². The van der Waals surface area contributed by atoms with Crippen molar-refractivity contribution in [2.75, 3.05) is 26.7 Å². The summed E-state index contributed by atoms with van der Waals surface area (Å²) >= 11 is 0. The van der Waals surface area contributed by atoms with E-state index in [4.69, 9.17) is 5.73 Å². The van der Waals surface area contributed by atoms with Crippen LogP contribution in [0.1, 0.15) is 30.4 Å². The van der Waals surface area contributed by atoms with E-state index in [1.54, 1.807) is 0 Å². The number of hydrogen-bond acceptors (Lipinski definition) is 3. The number of hydrogen-bond donors (Lipinski definition) is 1. The lowest BCUT2D eigenvalue weighted by atomic mass is 9.96. The molecule has 2 rings (SSSR count). The second kappa shape index (κ2) is 5.32. The van der Waals surface area contributed by atoms with E-state index in [-0.39, 0.29) is 0 Å². The SMILES string of the molecule is CC(CCN)c1ccc(C2=NCCN2C)cc1. The van der Waals surface area contributed by atoms with Gasteiger partial charge in [0.1, 0.15) is 5.84 Å². The van der Waals surface area contributed by atoms with Crippen LogP contribution >= 0.6 is 0 Å². The third-order valence-corrected chi connectivity index (χ3v) is 3.40. The van der Waals surface area contributed by atoms with Crippen LogP contribution in [0.2, 0.25) is 0 Å². The van der Waals surface area contributed by atoms with Crippen LogP contribution in [0, 0.1) is 0 Å². The molecule has 0 aliphatic carbocycles. The molecule has 17 heavy (non-hydrogen) atoms. The third-order valence-electron chi connectivity index (χ3n) is 3.40. The van der Waals surface area contributed by atoms with Crippen LogP contribution in [0.5, 0.6) is 0 Å². The normalized spacial score (nSPS) is 17.1. The van der Waals surface area contributed by atoms with Gasteiger partial charge < -0.3 is 10.6 Å². The van der Waals surface area contributed by atoms with Crippen LogP contribution in [-0.2, 0) is 0 Å². The molecule has 0 bridgehead atoms. The highest BCUT2D eigenvalue weighted by atomic mass is 15.2. The minimum absolute atomic E-state index is 0.539. The average molecular weight is 231 g/mol. The van der Waals surface area contributed by atoms with Crippen LogP contribution in [0.25, 0.3) is 0 Å². The molecule has 2 N–H and O–H groups in total. The van der Waals surface area contributed by atoms with Gasteiger partial charge in [-0.15, -0.1) is 0 Å². The summed E-state index contributed by atoms with van der Waals surface area (Å²) in [6.07, 6.45) is 1.04. The fraction of sp³-hybridized carbons (Fsp3) is 0.500. The molecule has 1 aromatic carbocycles. The zero-order valence-corrected chi connectivity index (χ0v) is 10.7. The molecule has 0 radical (unpaired) electrons. The van der Waals surface area contributed by atoms with Gasteiger partial charge >= 0.3 is 0 Å². The molecule has 0 saturated carbocycles. The molecule has 0 amide bonds. The zero-order chi connectivity index (χ0) is 12.3. The van der Waals surface area contributed by atoms with Crippen LogP contribution in [0.4, 0.5) is 0 Å². The molecule has 1 heterocycles. The molecule has 0 aromatic heterocycles. The van der Waals surface area contributed by atoms with Gasteiger partial charge in [-0.05, 0) is 24.4 Å². The number of likely N-dealkylation sites (N-methyl/N-ethyl adjacent to an activating group) is 1. The molecule has 0 fully saturated rings. The molecule has 0 spiro atoms. The summed E-state index contributed by atoms with van der Waals surface area (Å²) in [6.45, 7) is 4.91. The van der Waals surface area contributed by atoms with Crippen molar-refractivity contribution in [3.05, 3.63) is 35.4 Å². The predicted molar refractivity (Wildman–Crippen MR) is 72.6 cm³/mol. The Bertz CT molecular complexity index is 394. The minimum Gasteiger partial charge on any atom is -0.358 e. The molecular weight excluding hydrogens is 210 g/mol. The van der Waals surface area contributed by atoms with Crippen LogP contribution < -0.4 is 5.73 Å². The first-order chi connectivity index (χ1) is 8.22. The summed E-state index contributed by atoms with van der Waals surface area (Å²) in [5.74, 6) is 1.65. The molecule has 3 nitrogen and oxygen atoms in total. The van der Waals surface area contributed by atoms with Crippen LogP contribution in [0.3, 0.4) is 0 Å². The van der Waals surface area contributed by atoms with E-state index in [2.05, 4.69) is 48.1 Å². The Hall–Kier alpha value is -1.35. The molecule has 1 aliphatic heterocycles. The first-order valence-electron chi connectivity index (χ1n) is 6.28. The maximum atomic E-state index is 5.59. The first kappa shape index (κ1) is 12.1. The number of rotatable bonds is 4. The van der Waals surface area contributed by atoms with Gasteiger partial charge in [0.15, 0.2) is 0 Å². The summed E-state index contributed by atoms with van der Waals surface area (Å²) in [5, 5.41) is 0. The van der Waals surface area contributed by atoms with Crippen molar-refractivity contribution in [3.63, 3.8) is 0 Å². The lowest BCUT2D eigenvalue weighted by molar-refractivity contribution is 0.557. The van der Waals surface area contributed by atoms with Gasteiger partial charge in [0.05, 0.1) is 6.54 Å². The van der Waals surface area contributed by atoms with E-state index >= 15 is 0 Å². The Morgan fingerprint density at radius 2 is 2.06 bits per heavy atom. The van der Waals surface area contributed by atoms with Crippen molar-refractivity contribution in [3.8, 4) is 0 Å². The standard InChI is InChI=1S/C14H21N3/c1-11(7-8-15)12-3-5-13(6-4-12)14-16-9-10-17(14)2/h3-6,11H,7-10,15H2,1-2H3. The Kier molecular flexibility index (Phi) is 3.79. The topological polar surface area (TPSA) is 41.6 Å². The van der Waals surface area contributed by atoms with Gasteiger partial charge in [-0.1, -0.05) is 31.2 Å². The van der Waals surface area contributed by atoms with Gasteiger partial charge in [0.25, 0.3) is 0 Å². The van der Waals surface area contributed by atoms with Crippen molar-refractivity contribution in [2.24, 2.45) is 10.7 Å². The molecule has 92 valence electrons. The second-order valence-electron chi connectivity index (χ2n) is 4.73. The molecule has 1 aliphatic rings. The van der Waals surface area contributed by atoms with Gasteiger partial charge in [-0.3, -0.25) is 4.99 Å². The smallest absolute Gasteiger partial charge is 0.130 e. The number of nitrogens with zero attached hydrogens (tertiary/aromatic N) is 2. The Balaban J connectivity index is 2.13. The highest BCUT2D eigenvalue weighted by Crippen LogP contribution is 2.19. The third kappa shape index (κ3) is 2.67. The van der Waals surface area contributed by atoms with Crippen molar-refractivity contribution in [1.29, 1.82) is 0 Å². The van der Waals surface area contributed by atoms with Crippen LogP contribution in [-0.4, -0.2) is 37.4 Å². The van der Waals surface area contributed by atoms with Gasteiger partial charge in [-0.2, -0.15) is 0 Å². The maximum Gasteiger partial charge on any atom is 0.130 e. The first-order valence-corrected chi connectivity index (χ1v) is 6.28. The lowest BCUT2D eigenvalue weighted by Gasteiger charge is -2.15. The van der Waals surface area contributed by atoms with Crippen molar-refractivity contribution < 1.29 is 0 Å². The largest absolute Gasteiger partial charge is 0.358 e. The van der Waals surface area contributed by atoms with Crippen LogP contribution in [0.15, 0.2) is 29.3 Å². The summed E-state index contributed by atoms with van der Waals surface area (Å²) in [4.78, 5) is 6.73. The lowest BCUT2D eigenvalue weighted by Crippen LogP contribution is -2.23. The van der Waals surface area contributed by atoms with Crippen molar-refractivity contribution in [2.45, 2.75) is 19.3 Å². The molecule has 1 aromatic rings. The van der Waals surface area contributed by atoms with E-state index < -0.39 is 0 Å². The average Bonchev–Trinajstić information content (AvgIpc) is 2.76.